The van der Waals surface area contributed by atoms with Crippen molar-refractivity contribution in [3.63, 3.8) is 0 Å². The Morgan fingerprint density at radius 1 is 1.24 bits per heavy atom. The highest BCUT2D eigenvalue weighted by molar-refractivity contribution is 7.15. The predicted octanol–water partition coefficient (Wildman–Crippen LogP) is 3.48. The summed E-state index contributed by atoms with van der Waals surface area (Å²) >= 11 is 1.50. The van der Waals surface area contributed by atoms with Crippen LogP contribution in [0.1, 0.15) is 50.6 Å². The van der Waals surface area contributed by atoms with Crippen LogP contribution in [0.2, 0.25) is 0 Å². The topological polar surface area (TPSA) is 59.1 Å². The fraction of sp³-hybridized carbons (Fsp3) is 0.688. The lowest BCUT2D eigenvalue weighted by Crippen LogP contribution is -2.43. The number of nitrogens with one attached hydrogen (secondary N) is 1. The Hall–Kier alpha value is -1.23. The number of aryl methyl sites for hydroxylation is 2. The minimum Gasteiger partial charge on any atom is -0.301 e. The molecule has 0 spiro atoms. The lowest BCUT2D eigenvalue weighted by Gasteiger charge is -2.38. The van der Waals surface area contributed by atoms with E-state index in [1.54, 1.807) is 0 Å². The van der Waals surface area contributed by atoms with Crippen molar-refractivity contribution >= 4 is 28.2 Å². The normalized spacial score (nSPS) is 33.5. The molecule has 2 aliphatic rings. The number of Topliss-reactive ketones (excluding diaryl/α,β-unsaturated/α-hetero) is 1. The molecular weight excluding hydrogens is 284 g/mol. The SMILES string of the molecule is Cc1nc(NC(=O)C23CCC(C)(C(=O)C2)C3(C)C)sc1C. The molecule has 2 aliphatic carbocycles. The Morgan fingerprint density at radius 2 is 1.90 bits per heavy atom. The average Bonchev–Trinajstić information content (AvgIpc) is 2.85. The molecule has 2 bridgehead atoms. The van der Waals surface area contributed by atoms with Crippen molar-refractivity contribution in [1.29, 1.82) is 0 Å². The van der Waals surface area contributed by atoms with E-state index < -0.39 is 5.41 Å². The summed E-state index contributed by atoms with van der Waals surface area (Å²) in [4.78, 5) is 30.8. The van der Waals surface area contributed by atoms with Gasteiger partial charge in [-0.15, -0.1) is 11.3 Å². The van der Waals surface area contributed by atoms with E-state index in [9.17, 15) is 9.59 Å². The molecular formula is C16H22N2O2S. The highest BCUT2D eigenvalue weighted by Crippen LogP contribution is 2.70. The van der Waals surface area contributed by atoms with Crippen molar-refractivity contribution < 1.29 is 9.59 Å². The summed E-state index contributed by atoms with van der Waals surface area (Å²) in [5.41, 5.74) is -0.292. The van der Waals surface area contributed by atoms with Crippen LogP contribution in [0.5, 0.6) is 0 Å². The largest absolute Gasteiger partial charge is 0.301 e. The van der Waals surface area contributed by atoms with Crippen LogP contribution in [-0.2, 0) is 9.59 Å². The molecule has 0 aliphatic heterocycles. The number of ketones is 1. The van der Waals surface area contributed by atoms with Gasteiger partial charge in [-0.2, -0.15) is 0 Å². The van der Waals surface area contributed by atoms with Gasteiger partial charge in [0.15, 0.2) is 5.13 Å². The lowest BCUT2D eigenvalue weighted by atomic mass is 9.64. The fourth-order valence-corrected chi connectivity index (χ4v) is 4.91. The van der Waals surface area contributed by atoms with Crippen LogP contribution in [0.3, 0.4) is 0 Å². The van der Waals surface area contributed by atoms with Gasteiger partial charge in [0.2, 0.25) is 5.91 Å². The average molecular weight is 306 g/mol. The Balaban J connectivity index is 1.93. The molecule has 2 fully saturated rings. The third-order valence-corrected chi connectivity index (χ3v) is 7.38. The Kier molecular flexibility index (Phi) is 2.91. The highest BCUT2D eigenvalue weighted by atomic mass is 32.1. The minimum atomic E-state index is -0.577. The zero-order valence-corrected chi connectivity index (χ0v) is 14.1. The van der Waals surface area contributed by atoms with Crippen molar-refractivity contribution in [2.75, 3.05) is 5.32 Å². The molecule has 1 amide bonds. The van der Waals surface area contributed by atoms with Crippen molar-refractivity contribution in [2.24, 2.45) is 16.2 Å². The first-order valence-electron chi connectivity index (χ1n) is 7.43. The van der Waals surface area contributed by atoms with Crippen LogP contribution in [0.15, 0.2) is 0 Å². The summed E-state index contributed by atoms with van der Waals surface area (Å²) in [6.45, 7) is 10.1. The second kappa shape index (κ2) is 4.15. The van der Waals surface area contributed by atoms with E-state index in [-0.39, 0.29) is 22.5 Å². The molecule has 4 nitrogen and oxygen atoms in total. The second-order valence-corrected chi connectivity index (χ2v) is 8.46. The first kappa shape index (κ1) is 14.7. The quantitative estimate of drug-likeness (QED) is 0.910. The second-order valence-electron chi connectivity index (χ2n) is 7.25. The highest BCUT2D eigenvalue weighted by Gasteiger charge is 2.72. The fourth-order valence-electron chi connectivity index (χ4n) is 4.10. The minimum absolute atomic E-state index is 0.0316. The number of nitrogens with zero attached hydrogens (tertiary/aromatic N) is 1. The molecule has 2 unspecified atom stereocenters. The zero-order chi connectivity index (χ0) is 15.6. The monoisotopic (exact) mass is 306 g/mol. The lowest BCUT2D eigenvalue weighted by molar-refractivity contribution is -0.131. The summed E-state index contributed by atoms with van der Waals surface area (Å²) in [6.07, 6.45) is 1.96. The molecule has 1 heterocycles. The van der Waals surface area contributed by atoms with Gasteiger partial charge < -0.3 is 5.32 Å². The first-order valence-corrected chi connectivity index (χ1v) is 8.24. The number of fused-ring (bicyclic) bond motifs is 2. The molecule has 2 atom stereocenters. The summed E-state index contributed by atoms with van der Waals surface area (Å²) in [5, 5.41) is 3.62. The van der Waals surface area contributed by atoms with Crippen LogP contribution < -0.4 is 5.32 Å². The summed E-state index contributed by atoms with van der Waals surface area (Å²) < 4.78 is 0. The predicted molar refractivity (Wildman–Crippen MR) is 83.4 cm³/mol. The number of aromatic nitrogens is 1. The molecule has 1 N–H and O–H groups in total. The van der Waals surface area contributed by atoms with E-state index in [1.807, 2.05) is 20.8 Å². The molecule has 114 valence electrons. The smallest absolute Gasteiger partial charge is 0.233 e. The molecule has 21 heavy (non-hydrogen) atoms. The van der Waals surface area contributed by atoms with Gasteiger partial charge in [-0.1, -0.05) is 20.8 Å². The summed E-state index contributed by atoms with van der Waals surface area (Å²) in [7, 11) is 0. The maximum atomic E-state index is 12.9. The summed E-state index contributed by atoms with van der Waals surface area (Å²) in [5.74, 6) is 0.205. The van der Waals surface area contributed by atoms with Gasteiger partial charge in [-0.25, -0.2) is 4.98 Å². The number of carbonyl (C=O) groups excluding carboxylic acids is 2. The van der Waals surface area contributed by atoms with Gasteiger partial charge in [0.1, 0.15) is 5.78 Å². The molecule has 0 aromatic carbocycles. The molecule has 2 saturated carbocycles. The molecule has 5 heteroatoms. The number of anilines is 1. The maximum absolute atomic E-state index is 12.9. The van der Waals surface area contributed by atoms with E-state index in [0.717, 1.165) is 23.4 Å². The van der Waals surface area contributed by atoms with E-state index in [4.69, 9.17) is 0 Å². The van der Waals surface area contributed by atoms with Crippen LogP contribution in [0.4, 0.5) is 5.13 Å². The van der Waals surface area contributed by atoms with Crippen LogP contribution in [0.25, 0.3) is 0 Å². The third-order valence-electron chi connectivity index (χ3n) is 6.39. The van der Waals surface area contributed by atoms with Crippen LogP contribution in [-0.4, -0.2) is 16.7 Å². The standard InChI is InChI=1S/C16H22N2O2S/c1-9-10(2)21-13(17-9)18-12(20)16-7-6-15(5,11(19)8-16)14(16,3)4/h6-8H2,1-5H3,(H,17,18,20). The van der Waals surface area contributed by atoms with Crippen LogP contribution in [0, 0.1) is 30.1 Å². The van der Waals surface area contributed by atoms with E-state index >= 15 is 0 Å². The number of hydrogen-bond acceptors (Lipinski definition) is 4. The van der Waals surface area contributed by atoms with E-state index in [2.05, 4.69) is 24.1 Å². The van der Waals surface area contributed by atoms with Crippen molar-refractivity contribution in [3.05, 3.63) is 10.6 Å². The number of rotatable bonds is 2. The van der Waals surface area contributed by atoms with E-state index in [0.29, 0.717) is 11.6 Å². The Bertz CT molecular complexity index is 629. The van der Waals surface area contributed by atoms with Gasteiger partial charge in [0.05, 0.1) is 11.1 Å². The maximum Gasteiger partial charge on any atom is 0.233 e. The van der Waals surface area contributed by atoms with Crippen molar-refractivity contribution in [1.82, 2.24) is 4.98 Å². The summed E-state index contributed by atoms with van der Waals surface area (Å²) in [6, 6.07) is 0. The molecule has 0 saturated heterocycles. The number of carbonyl (C=O) groups is 2. The number of thiazole rings is 1. The molecule has 1 aromatic rings. The van der Waals surface area contributed by atoms with E-state index in [1.165, 1.54) is 11.3 Å². The number of amides is 1. The third kappa shape index (κ3) is 1.64. The van der Waals surface area contributed by atoms with Crippen molar-refractivity contribution in [2.45, 2.75) is 53.9 Å². The number of hydrogen-bond donors (Lipinski definition) is 1. The molecule has 1 aromatic heterocycles. The van der Waals surface area contributed by atoms with Gasteiger partial charge in [0, 0.05) is 16.7 Å². The van der Waals surface area contributed by atoms with Crippen LogP contribution >= 0.6 is 11.3 Å². The van der Waals surface area contributed by atoms with Crippen molar-refractivity contribution in [3.8, 4) is 0 Å². The molecule has 0 radical (unpaired) electrons. The molecule has 3 rings (SSSR count). The first-order chi connectivity index (χ1) is 9.64. The Labute approximate surface area is 129 Å². The van der Waals surface area contributed by atoms with Gasteiger partial charge in [0.25, 0.3) is 0 Å². The van der Waals surface area contributed by atoms with Gasteiger partial charge in [-0.3, -0.25) is 9.59 Å². The Morgan fingerprint density at radius 3 is 2.33 bits per heavy atom. The van der Waals surface area contributed by atoms with Gasteiger partial charge in [-0.05, 0) is 32.1 Å². The van der Waals surface area contributed by atoms with Gasteiger partial charge >= 0.3 is 0 Å². The zero-order valence-electron chi connectivity index (χ0n) is 13.3.